The molecule has 0 unspecified atom stereocenters. The monoisotopic (exact) mass is 207 g/mol. The predicted octanol–water partition coefficient (Wildman–Crippen LogP) is 0.0240. The van der Waals surface area contributed by atoms with Crippen LogP contribution in [0, 0.1) is 6.92 Å². The average molecular weight is 207 g/mol. The number of carbonyl (C=O) groups excluding carboxylic acids is 1. The van der Waals surface area contributed by atoms with Crippen molar-refractivity contribution < 1.29 is 4.79 Å². The molecule has 0 saturated carbocycles. The van der Waals surface area contributed by atoms with E-state index in [0.29, 0.717) is 24.5 Å². The van der Waals surface area contributed by atoms with Gasteiger partial charge in [0.05, 0.1) is 5.69 Å². The van der Waals surface area contributed by atoms with Gasteiger partial charge in [0, 0.05) is 32.0 Å². The van der Waals surface area contributed by atoms with E-state index in [1.54, 1.807) is 18.9 Å². The van der Waals surface area contributed by atoms with E-state index in [-0.39, 0.29) is 17.4 Å². The van der Waals surface area contributed by atoms with Gasteiger partial charge in [-0.2, -0.15) is 0 Å². The number of aryl methyl sites for hydroxylation is 1. The zero-order valence-corrected chi connectivity index (χ0v) is 8.78. The van der Waals surface area contributed by atoms with Crippen molar-refractivity contribution in [2.24, 2.45) is 0 Å². The van der Waals surface area contributed by atoms with E-state index in [1.807, 2.05) is 0 Å². The van der Waals surface area contributed by atoms with Crippen molar-refractivity contribution in [2.45, 2.75) is 19.3 Å². The van der Waals surface area contributed by atoms with Gasteiger partial charge in [-0.3, -0.25) is 9.59 Å². The molecule has 2 rings (SSSR count). The third-order valence-corrected chi connectivity index (χ3v) is 2.64. The standard InChI is InChI=1S/C10H13N3O2/c1-6-11-8(4-9(14)12-6)7-3-10(15)13(2)5-7/h4,7H,3,5H2,1-2H3,(H,11,12,14)/t7-/m0/s1. The van der Waals surface area contributed by atoms with Gasteiger partial charge < -0.3 is 9.88 Å². The van der Waals surface area contributed by atoms with Crippen LogP contribution in [-0.2, 0) is 4.79 Å². The normalized spacial score (nSPS) is 21.1. The molecule has 1 aliphatic heterocycles. The predicted molar refractivity (Wildman–Crippen MR) is 54.6 cm³/mol. The molecule has 1 N–H and O–H groups in total. The van der Waals surface area contributed by atoms with E-state index >= 15 is 0 Å². The fraction of sp³-hybridized carbons (Fsp3) is 0.500. The summed E-state index contributed by atoms with van der Waals surface area (Å²) >= 11 is 0. The third-order valence-electron chi connectivity index (χ3n) is 2.64. The van der Waals surface area contributed by atoms with Crippen LogP contribution in [-0.4, -0.2) is 34.4 Å². The molecule has 15 heavy (non-hydrogen) atoms. The van der Waals surface area contributed by atoms with Crippen LogP contribution < -0.4 is 5.56 Å². The molecule has 0 spiro atoms. The third kappa shape index (κ3) is 1.91. The zero-order chi connectivity index (χ0) is 11.0. The van der Waals surface area contributed by atoms with Crippen molar-refractivity contribution in [1.29, 1.82) is 0 Å². The number of nitrogens with one attached hydrogen (secondary N) is 1. The number of carbonyl (C=O) groups is 1. The maximum absolute atomic E-state index is 11.3. The summed E-state index contributed by atoms with van der Waals surface area (Å²) in [5, 5.41) is 0. The quantitative estimate of drug-likeness (QED) is 0.706. The molecule has 1 atom stereocenters. The number of H-pyrrole nitrogens is 1. The molecular weight excluding hydrogens is 194 g/mol. The first kappa shape index (κ1) is 9.89. The van der Waals surface area contributed by atoms with Crippen molar-refractivity contribution in [3.8, 4) is 0 Å². The highest BCUT2D eigenvalue weighted by molar-refractivity contribution is 5.79. The second-order valence-electron chi connectivity index (χ2n) is 3.93. The van der Waals surface area contributed by atoms with Crippen LogP contribution >= 0.6 is 0 Å². The fourth-order valence-electron chi connectivity index (χ4n) is 1.87. The molecule has 0 aromatic carbocycles. The Hall–Kier alpha value is -1.65. The Balaban J connectivity index is 2.31. The maximum Gasteiger partial charge on any atom is 0.251 e. The number of hydrogen-bond acceptors (Lipinski definition) is 3. The summed E-state index contributed by atoms with van der Waals surface area (Å²) in [6, 6.07) is 1.48. The van der Waals surface area contributed by atoms with Gasteiger partial charge in [-0.05, 0) is 6.92 Å². The highest BCUT2D eigenvalue weighted by Crippen LogP contribution is 2.24. The van der Waals surface area contributed by atoms with Crippen LogP contribution in [0.1, 0.15) is 23.9 Å². The lowest BCUT2D eigenvalue weighted by Crippen LogP contribution is -2.19. The van der Waals surface area contributed by atoms with Gasteiger partial charge in [-0.1, -0.05) is 0 Å². The second kappa shape index (κ2) is 3.49. The average Bonchev–Trinajstić information content (AvgIpc) is 2.45. The van der Waals surface area contributed by atoms with E-state index in [0.717, 1.165) is 0 Å². The lowest BCUT2D eigenvalue weighted by molar-refractivity contribution is -0.126. The van der Waals surface area contributed by atoms with Crippen molar-refractivity contribution in [1.82, 2.24) is 14.9 Å². The number of amides is 1. The summed E-state index contributed by atoms with van der Waals surface area (Å²) in [7, 11) is 1.77. The molecule has 0 aliphatic carbocycles. The summed E-state index contributed by atoms with van der Waals surface area (Å²) in [5.41, 5.74) is 0.563. The molecule has 5 heteroatoms. The largest absolute Gasteiger partial charge is 0.345 e. The molecule has 1 fully saturated rings. The van der Waals surface area contributed by atoms with E-state index in [1.165, 1.54) is 6.07 Å². The molecule has 2 heterocycles. The van der Waals surface area contributed by atoms with Crippen LogP contribution in [0.15, 0.2) is 10.9 Å². The Bertz CT molecular complexity index is 452. The Morgan fingerprint density at radius 3 is 2.80 bits per heavy atom. The van der Waals surface area contributed by atoms with Gasteiger partial charge in [-0.25, -0.2) is 4.98 Å². The smallest absolute Gasteiger partial charge is 0.251 e. The molecule has 1 aliphatic rings. The van der Waals surface area contributed by atoms with Gasteiger partial charge in [0.15, 0.2) is 0 Å². The van der Waals surface area contributed by atoms with E-state index in [2.05, 4.69) is 9.97 Å². The van der Waals surface area contributed by atoms with Crippen LogP contribution in [0.25, 0.3) is 0 Å². The van der Waals surface area contributed by atoms with E-state index < -0.39 is 0 Å². The maximum atomic E-state index is 11.3. The van der Waals surface area contributed by atoms with Crippen LogP contribution in [0.3, 0.4) is 0 Å². The van der Waals surface area contributed by atoms with Gasteiger partial charge in [0.2, 0.25) is 5.91 Å². The Labute approximate surface area is 87.1 Å². The molecule has 0 radical (unpaired) electrons. The van der Waals surface area contributed by atoms with E-state index in [9.17, 15) is 9.59 Å². The summed E-state index contributed by atoms with van der Waals surface area (Å²) in [5.74, 6) is 0.766. The fourth-order valence-corrected chi connectivity index (χ4v) is 1.87. The van der Waals surface area contributed by atoms with Crippen LogP contribution in [0.5, 0.6) is 0 Å². The Morgan fingerprint density at radius 2 is 2.27 bits per heavy atom. The summed E-state index contributed by atoms with van der Waals surface area (Å²) in [6.07, 6.45) is 0.451. The summed E-state index contributed by atoms with van der Waals surface area (Å²) in [6.45, 7) is 2.39. The topological polar surface area (TPSA) is 66.1 Å². The first-order valence-corrected chi connectivity index (χ1v) is 4.88. The van der Waals surface area contributed by atoms with Crippen molar-refractivity contribution in [3.05, 3.63) is 27.9 Å². The highest BCUT2D eigenvalue weighted by atomic mass is 16.2. The van der Waals surface area contributed by atoms with Gasteiger partial charge in [0.25, 0.3) is 5.56 Å². The number of aromatic amines is 1. The minimum absolute atomic E-state index is 0.0588. The lowest BCUT2D eigenvalue weighted by Gasteiger charge is -2.09. The van der Waals surface area contributed by atoms with E-state index in [4.69, 9.17) is 0 Å². The first-order chi connectivity index (χ1) is 7.06. The molecular formula is C10H13N3O2. The molecule has 5 nitrogen and oxygen atoms in total. The molecule has 1 saturated heterocycles. The van der Waals surface area contributed by atoms with Crippen molar-refractivity contribution in [3.63, 3.8) is 0 Å². The molecule has 80 valence electrons. The minimum Gasteiger partial charge on any atom is -0.345 e. The first-order valence-electron chi connectivity index (χ1n) is 4.88. The van der Waals surface area contributed by atoms with Gasteiger partial charge in [0.1, 0.15) is 5.82 Å². The molecule has 0 bridgehead atoms. The number of aromatic nitrogens is 2. The Kier molecular flexibility index (Phi) is 2.30. The molecule has 1 aromatic rings. The second-order valence-corrected chi connectivity index (χ2v) is 3.93. The molecule has 1 amide bonds. The summed E-state index contributed by atoms with van der Waals surface area (Å²) in [4.78, 5) is 31.1. The zero-order valence-electron chi connectivity index (χ0n) is 8.78. The number of rotatable bonds is 1. The van der Waals surface area contributed by atoms with Crippen molar-refractivity contribution in [2.75, 3.05) is 13.6 Å². The number of likely N-dealkylation sites (tertiary alicyclic amines) is 1. The van der Waals surface area contributed by atoms with Gasteiger partial charge in [-0.15, -0.1) is 0 Å². The summed E-state index contributed by atoms with van der Waals surface area (Å²) < 4.78 is 0. The number of likely N-dealkylation sites (N-methyl/N-ethyl adjacent to an activating group) is 1. The SMILES string of the molecule is Cc1nc([C@H]2CC(=O)N(C)C2)cc(=O)[nH]1. The number of hydrogen-bond donors (Lipinski definition) is 1. The Morgan fingerprint density at radius 1 is 1.53 bits per heavy atom. The number of nitrogens with zero attached hydrogens (tertiary/aromatic N) is 2. The lowest BCUT2D eigenvalue weighted by atomic mass is 10.0. The highest BCUT2D eigenvalue weighted by Gasteiger charge is 2.29. The van der Waals surface area contributed by atoms with Crippen molar-refractivity contribution >= 4 is 5.91 Å². The minimum atomic E-state index is -0.153. The van der Waals surface area contributed by atoms with Crippen LogP contribution in [0.2, 0.25) is 0 Å². The molecule has 1 aromatic heterocycles. The van der Waals surface area contributed by atoms with Crippen LogP contribution in [0.4, 0.5) is 0 Å². The van der Waals surface area contributed by atoms with Gasteiger partial charge >= 0.3 is 0 Å².